The Bertz CT molecular complexity index is 346. The van der Waals surface area contributed by atoms with Crippen LogP contribution in [-0.4, -0.2) is 18.1 Å². The maximum Gasteiger partial charge on any atom is 0.0577 e. The van der Waals surface area contributed by atoms with Crippen LogP contribution in [0.15, 0.2) is 18.2 Å². The number of nitrogens with zero attached hydrogens (tertiary/aromatic N) is 1. The Hall–Kier alpha value is -0.930. The van der Waals surface area contributed by atoms with Crippen LogP contribution in [0.2, 0.25) is 0 Å². The molecular formula is C15H23N3. The molecule has 0 radical (unpaired) electrons. The molecule has 3 rings (SSSR count). The van der Waals surface area contributed by atoms with Gasteiger partial charge in [-0.05, 0) is 50.9 Å². The van der Waals surface area contributed by atoms with Gasteiger partial charge in [0.1, 0.15) is 0 Å². The summed E-state index contributed by atoms with van der Waals surface area (Å²) in [4.78, 5) is 4.90. The van der Waals surface area contributed by atoms with E-state index in [2.05, 4.69) is 28.8 Å². The van der Waals surface area contributed by atoms with Crippen LogP contribution in [0, 0.1) is 0 Å². The molecule has 98 valence electrons. The highest BCUT2D eigenvalue weighted by Gasteiger charge is 2.19. The normalized spacial score (nSPS) is 29.1. The average Bonchev–Trinajstić information content (AvgIpc) is 2.49. The Morgan fingerprint density at radius 2 is 1.39 bits per heavy atom. The highest BCUT2D eigenvalue weighted by Crippen LogP contribution is 2.25. The van der Waals surface area contributed by atoms with E-state index in [1.54, 1.807) is 0 Å². The first-order chi connectivity index (χ1) is 8.93. The van der Waals surface area contributed by atoms with Crippen molar-refractivity contribution in [3.05, 3.63) is 29.6 Å². The van der Waals surface area contributed by atoms with Gasteiger partial charge in [0.05, 0.1) is 11.4 Å². The SMILES string of the molecule is c1cc(C2CCCCN2)nc(C2CCCCN2)c1. The van der Waals surface area contributed by atoms with E-state index in [0.29, 0.717) is 12.1 Å². The molecule has 3 nitrogen and oxygen atoms in total. The molecule has 0 aromatic carbocycles. The molecule has 2 unspecified atom stereocenters. The summed E-state index contributed by atoms with van der Waals surface area (Å²) in [6.07, 6.45) is 7.72. The van der Waals surface area contributed by atoms with Crippen LogP contribution in [-0.2, 0) is 0 Å². The maximum atomic E-state index is 4.90. The van der Waals surface area contributed by atoms with E-state index in [-0.39, 0.29) is 0 Å². The summed E-state index contributed by atoms with van der Waals surface area (Å²) >= 11 is 0. The van der Waals surface area contributed by atoms with Gasteiger partial charge in [-0.1, -0.05) is 18.9 Å². The van der Waals surface area contributed by atoms with Gasteiger partial charge in [0, 0.05) is 12.1 Å². The van der Waals surface area contributed by atoms with Crippen LogP contribution >= 0.6 is 0 Å². The molecule has 2 atom stereocenters. The molecule has 2 aliphatic heterocycles. The lowest BCUT2D eigenvalue weighted by atomic mass is 9.99. The first-order valence-corrected chi connectivity index (χ1v) is 7.37. The zero-order valence-corrected chi connectivity index (χ0v) is 11.0. The predicted molar refractivity (Wildman–Crippen MR) is 73.4 cm³/mol. The van der Waals surface area contributed by atoms with Crippen molar-refractivity contribution in [3.8, 4) is 0 Å². The second-order valence-corrected chi connectivity index (χ2v) is 5.49. The smallest absolute Gasteiger partial charge is 0.0577 e. The number of nitrogens with one attached hydrogen (secondary N) is 2. The Labute approximate surface area is 109 Å². The van der Waals surface area contributed by atoms with E-state index in [1.807, 2.05) is 0 Å². The lowest BCUT2D eigenvalue weighted by Gasteiger charge is -2.26. The monoisotopic (exact) mass is 245 g/mol. The van der Waals surface area contributed by atoms with Gasteiger partial charge < -0.3 is 10.6 Å². The molecule has 2 saturated heterocycles. The van der Waals surface area contributed by atoms with Gasteiger partial charge in [-0.15, -0.1) is 0 Å². The van der Waals surface area contributed by atoms with Gasteiger partial charge in [-0.2, -0.15) is 0 Å². The summed E-state index contributed by atoms with van der Waals surface area (Å²) in [7, 11) is 0. The molecule has 2 N–H and O–H groups in total. The average molecular weight is 245 g/mol. The van der Waals surface area contributed by atoms with E-state index < -0.39 is 0 Å². The fraction of sp³-hybridized carbons (Fsp3) is 0.667. The number of rotatable bonds is 2. The Balaban J connectivity index is 1.75. The number of hydrogen-bond donors (Lipinski definition) is 2. The maximum absolute atomic E-state index is 4.90. The third-order valence-electron chi connectivity index (χ3n) is 4.13. The van der Waals surface area contributed by atoms with Gasteiger partial charge in [0.15, 0.2) is 0 Å². The summed E-state index contributed by atoms with van der Waals surface area (Å²) in [5.74, 6) is 0. The topological polar surface area (TPSA) is 37.0 Å². The van der Waals surface area contributed by atoms with Gasteiger partial charge >= 0.3 is 0 Å². The van der Waals surface area contributed by atoms with Crippen molar-refractivity contribution in [2.24, 2.45) is 0 Å². The largest absolute Gasteiger partial charge is 0.309 e. The second-order valence-electron chi connectivity index (χ2n) is 5.49. The summed E-state index contributed by atoms with van der Waals surface area (Å²) in [5.41, 5.74) is 2.47. The number of aromatic nitrogens is 1. The Kier molecular flexibility index (Phi) is 3.91. The van der Waals surface area contributed by atoms with Crippen LogP contribution in [0.4, 0.5) is 0 Å². The molecule has 1 aromatic rings. The van der Waals surface area contributed by atoms with Crippen molar-refractivity contribution in [1.29, 1.82) is 0 Å². The lowest BCUT2D eigenvalue weighted by Crippen LogP contribution is -2.30. The quantitative estimate of drug-likeness (QED) is 0.841. The summed E-state index contributed by atoms with van der Waals surface area (Å²) < 4.78 is 0. The third kappa shape index (κ3) is 2.73. The van der Waals surface area contributed by atoms with E-state index >= 15 is 0 Å². The van der Waals surface area contributed by atoms with Crippen LogP contribution in [0.5, 0.6) is 0 Å². The summed E-state index contributed by atoms with van der Waals surface area (Å²) in [5, 5.41) is 7.17. The molecular weight excluding hydrogens is 222 g/mol. The van der Waals surface area contributed by atoms with Gasteiger partial charge in [0.2, 0.25) is 0 Å². The molecule has 18 heavy (non-hydrogen) atoms. The number of pyridine rings is 1. The van der Waals surface area contributed by atoms with Crippen molar-refractivity contribution < 1.29 is 0 Å². The van der Waals surface area contributed by atoms with E-state index in [1.165, 1.54) is 49.9 Å². The number of hydrogen-bond acceptors (Lipinski definition) is 3. The lowest BCUT2D eigenvalue weighted by molar-refractivity contribution is 0.390. The predicted octanol–water partition coefficient (Wildman–Crippen LogP) is 2.71. The second kappa shape index (κ2) is 5.81. The van der Waals surface area contributed by atoms with Crippen LogP contribution < -0.4 is 10.6 Å². The minimum absolute atomic E-state index is 0.474. The molecule has 1 aromatic heterocycles. The summed E-state index contributed by atoms with van der Waals surface area (Å²) in [6, 6.07) is 7.47. The molecule has 0 saturated carbocycles. The van der Waals surface area contributed by atoms with Crippen LogP contribution in [0.25, 0.3) is 0 Å². The minimum Gasteiger partial charge on any atom is -0.309 e. The van der Waals surface area contributed by atoms with Crippen molar-refractivity contribution in [2.75, 3.05) is 13.1 Å². The molecule has 3 heterocycles. The molecule has 2 aliphatic rings. The van der Waals surface area contributed by atoms with Gasteiger partial charge in [-0.3, -0.25) is 4.98 Å². The minimum atomic E-state index is 0.474. The molecule has 3 heteroatoms. The molecule has 0 amide bonds. The van der Waals surface area contributed by atoms with E-state index in [9.17, 15) is 0 Å². The first kappa shape index (κ1) is 12.1. The molecule has 0 aliphatic carbocycles. The van der Waals surface area contributed by atoms with Crippen molar-refractivity contribution in [2.45, 2.75) is 50.6 Å². The Morgan fingerprint density at radius 3 is 1.83 bits per heavy atom. The molecule has 0 bridgehead atoms. The van der Waals surface area contributed by atoms with Crippen molar-refractivity contribution >= 4 is 0 Å². The van der Waals surface area contributed by atoms with E-state index in [0.717, 1.165) is 13.1 Å². The molecule has 2 fully saturated rings. The fourth-order valence-corrected chi connectivity index (χ4v) is 3.07. The van der Waals surface area contributed by atoms with Crippen LogP contribution in [0.1, 0.15) is 62.0 Å². The van der Waals surface area contributed by atoms with E-state index in [4.69, 9.17) is 4.98 Å². The zero-order valence-electron chi connectivity index (χ0n) is 11.0. The van der Waals surface area contributed by atoms with Gasteiger partial charge in [-0.25, -0.2) is 0 Å². The first-order valence-electron chi connectivity index (χ1n) is 7.37. The highest BCUT2D eigenvalue weighted by molar-refractivity contribution is 5.17. The number of piperidine rings is 2. The molecule has 0 spiro atoms. The van der Waals surface area contributed by atoms with Crippen molar-refractivity contribution in [3.63, 3.8) is 0 Å². The zero-order chi connectivity index (χ0) is 12.2. The fourth-order valence-electron chi connectivity index (χ4n) is 3.07. The standard InChI is InChI=1S/C15H23N3/c1-3-10-16-12(6-1)14-8-5-9-15(18-14)13-7-2-4-11-17-13/h5,8-9,12-13,16-17H,1-4,6-7,10-11H2. The Morgan fingerprint density at radius 1 is 0.833 bits per heavy atom. The van der Waals surface area contributed by atoms with Crippen LogP contribution in [0.3, 0.4) is 0 Å². The summed E-state index contributed by atoms with van der Waals surface area (Å²) in [6.45, 7) is 2.27. The third-order valence-corrected chi connectivity index (χ3v) is 4.13. The van der Waals surface area contributed by atoms with Gasteiger partial charge in [0.25, 0.3) is 0 Å². The highest BCUT2D eigenvalue weighted by atomic mass is 15.0. The van der Waals surface area contributed by atoms with Crippen molar-refractivity contribution in [1.82, 2.24) is 15.6 Å².